The number of hydrazine groups is 1. The van der Waals surface area contributed by atoms with Gasteiger partial charge in [0.2, 0.25) is 5.91 Å². The maximum atomic E-state index is 11.5. The molecule has 1 aromatic rings. The van der Waals surface area contributed by atoms with E-state index in [4.69, 9.17) is 15.8 Å². The molecule has 1 saturated heterocycles. The Bertz CT molecular complexity index is 523. The molecule has 3 N–H and O–H groups in total. The molecule has 1 aliphatic heterocycles. The van der Waals surface area contributed by atoms with Crippen LogP contribution in [0.25, 0.3) is 0 Å². The van der Waals surface area contributed by atoms with Crippen LogP contribution < -0.4 is 11.3 Å². The zero-order valence-electron chi connectivity index (χ0n) is 12.1. The molecule has 1 amide bonds. The normalized spacial score (nSPS) is 20.5. The molecule has 6 nitrogen and oxygen atoms in total. The van der Waals surface area contributed by atoms with Crippen molar-refractivity contribution >= 4 is 5.91 Å². The van der Waals surface area contributed by atoms with Gasteiger partial charge in [-0.1, -0.05) is 24.3 Å². The van der Waals surface area contributed by atoms with Crippen molar-refractivity contribution in [3.63, 3.8) is 0 Å². The number of nitrogens with two attached hydrogens (primary N) is 1. The fourth-order valence-electron chi connectivity index (χ4n) is 2.37. The van der Waals surface area contributed by atoms with Gasteiger partial charge in [0.05, 0.1) is 18.6 Å². The van der Waals surface area contributed by atoms with Crippen LogP contribution in [-0.4, -0.2) is 36.6 Å². The fraction of sp³-hybridized carbons (Fsp3) is 0.467. The van der Waals surface area contributed by atoms with Crippen molar-refractivity contribution in [3.8, 4) is 6.07 Å². The van der Waals surface area contributed by atoms with E-state index < -0.39 is 0 Å². The Morgan fingerprint density at radius 1 is 1.57 bits per heavy atom. The van der Waals surface area contributed by atoms with Gasteiger partial charge in [0, 0.05) is 19.6 Å². The summed E-state index contributed by atoms with van der Waals surface area (Å²) in [5, 5.41) is 8.90. The molecule has 1 aliphatic rings. The van der Waals surface area contributed by atoms with Crippen molar-refractivity contribution in [2.45, 2.75) is 25.5 Å². The number of hydrogen-bond donors (Lipinski definition) is 2. The maximum absolute atomic E-state index is 11.5. The van der Waals surface area contributed by atoms with Crippen LogP contribution in [0, 0.1) is 11.3 Å². The number of rotatable bonds is 4. The third-order valence-electron chi connectivity index (χ3n) is 3.72. The van der Waals surface area contributed by atoms with Gasteiger partial charge in [-0.3, -0.25) is 15.1 Å². The van der Waals surface area contributed by atoms with Gasteiger partial charge in [0.25, 0.3) is 0 Å². The number of ether oxygens (including phenoxy) is 1. The molecule has 0 saturated carbocycles. The van der Waals surface area contributed by atoms with E-state index in [-0.39, 0.29) is 17.9 Å². The van der Waals surface area contributed by atoms with Crippen molar-refractivity contribution < 1.29 is 9.53 Å². The number of benzene rings is 1. The second-order valence-corrected chi connectivity index (χ2v) is 5.20. The molecule has 2 atom stereocenters. The van der Waals surface area contributed by atoms with E-state index in [0.29, 0.717) is 13.2 Å². The average Bonchev–Trinajstić information content (AvgIpc) is 2.54. The lowest BCUT2D eigenvalue weighted by Gasteiger charge is -2.29. The predicted octanol–water partition coefficient (Wildman–Crippen LogP) is 0.504. The molecule has 0 bridgehead atoms. The van der Waals surface area contributed by atoms with Crippen LogP contribution in [0.1, 0.15) is 24.0 Å². The summed E-state index contributed by atoms with van der Waals surface area (Å²) in [6, 6.07) is 10.0. The van der Waals surface area contributed by atoms with Crippen molar-refractivity contribution in [1.29, 1.82) is 5.26 Å². The summed E-state index contributed by atoms with van der Waals surface area (Å²) in [6.07, 6.45) is -0.341. The highest BCUT2D eigenvalue weighted by Crippen LogP contribution is 2.17. The molecule has 112 valence electrons. The van der Waals surface area contributed by atoms with Gasteiger partial charge < -0.3 is 4.74 Å². The van der Waals surface area contributed by atoms with Gasteiger partial charge in [-0.05, 0) is 18.1 Å². The Labute approximate surface area is 124 Å². The molecular weight excluding hydrogens is 268 g/mol. The lowest BCUT2D eigenvalue weighted by atomic mass is 9.99. The second-order valence-electron chi connectivity index (χ2n) is 5.20. The number of nitrogens with zero attached hydrogens (tertiary/aromatic N) is 2. The molecular formula is C15H20N4O2. The number of hydrogen-bond acceptors (Lipinski definition) is 5. The topological polar surface area (TPSA) is 91.4 Å². The molecule has 0 aromatic heterocycles. The van der Waals surface area contributed by atoms with Crippen molar-refractivity contribution in [2.75, 3.05) is 19.7 Å². The van der Waals surface area contributed by atoms with Crippen LogP contribution in [0.15, 0.2) is 24.3 Å². The fourth-order valence-corrected chi connectivity index (χ4v) is 2.37. The van der Waals surface area contributed by atoms with Crippen LogP contribution in [0.4, 0.5) is 0 Å². The smallest absolute Gasteiger partial charge is 0.241 e. The molecule has 2 rings (SSSR count). The first kappa shape index (κ1) is 15.4. The third kappa shape index (κ3) is 4.02. The summed E-state index contributed by atoms with van der Waals surface area (Å²) < 4.78 is 5.33. The largest absolute Gasteiger partial charge is 0.361 e. The maximum Gasteiger partial charge on any atom is 0.241 e. The lowest BCUT2D eigenvalue weighted by Crippen LogP contribution is -2.41. The molecule has 1 aromatic carbocycles. The zero-order chi connectivity index (χ0) is 15.2. The van der Waals surface area contributed by atoms with E-state index in [1.165, 1.54) is 0 Å². The van der Waals surface area contributed by atoms with E-state index in [9.17, 15) is 4.79 Å². The van der Waals surface area contributed by atoms with Crippen molar-refractivity contribution in [3.05, 3.63) is 35.4 Å². The van der Waals surface area contributed by atoms with E-state index in [0.717, 1.165) is 24.2 Å². The van der Waals surface area contributed by atoms with Crippen LogP contribution in [0.2, 0.25) is 0 Å². The van der Waals surface area contributed by atoms with Gasteiger partial charge in [-0.25, -0.2) is 5.84 Å². The lowest BCUT2D eigenvalue weighted by molar-refractivity contribution is -0.122. The first-order valence-electron chi connectivity index (χ1n) is 6.97. The van der Waals surface area contributed by atoms with E-state index in [1.54, 1.807) is 0 Å². The minimum atomic E-state index is -0.341. The zero-order valence-corrected chi connectivity index (χ0v) is 12.1. The summed E-state index contributed by atoms with van der Waals surface area (Å²) in [5.41, 5.74) is 4.24. The second kappa shape index (κ2) is 7.18. The molecule has 0 aliphatic carbocycles. The predicted molar refractivity (Wildman–Crippen MR) is 77.8 cm³/mol. The number of nitrogens with one attached hydrogen (secondary N) is 1. The van der Waals surface area contributed by atoms with Crippen molar-refractivity contribution in [1.82, 2.24) is 10.3 Å². The van der Waals surface area contributed by atoms with Gasteiger partial charge in [0.15, 0.2) is 6.10 Å². The summed E-state index contributed by atoms with van der Waals surface area (Å²) in [4.78, 5) is 13.7. The Morgan fingerprint density at radius 3 is 2.90 bits per heavy atom. The molecule has 6 heteroatoms. The first-order valence-corrected chi connectivity index (χ1v) is 6.97. The highest BCUT2D eigenvalue weighted by atomic mass is 16.5. The summed E-state index contributed by atoms with van der Waals surface area (Å²) in [7, 11) is 0. The molecule has 21 heavy (non-hydrogen) atoms. The monoisotopic (exact) mass is 288 g/mol. The number of carbonyl (C=O) groups excluding carboxylic acids is 1. The number of carbonyl (C=O) groups is 1. The van der Waals surface area contributed by atoms with Gasteiger partial charge in [0.1, 0.15) is 0 Å². The molecule has 2 unspecified atom stereocenters. The Morgan fingerprint density at radius 2 is 2.29 bits per heavy atom. The number of amides is 1. The molecule has 0 radical (unpaired) electrons. The van der Waals surface area contributed by atoms with Gasteiger partial charge in [-0.15, -0.1) is 0 Å². The van der Waals surface area contributed by atoms with Gasteiger partial charge in [-0.2, -0.15) is 5.26 Å². The van der Waals surface area contributed by atoms with Gasteiger partial charge >= 0.3 is 0 Å². The minimum absolute atomic E-state index is 0.201. The highest BCUT2D eigenvalue weighted by Gasteiger charge is 2.20. The molecule has 1 fully saturated rings. The van der Waals surface area contributed by atoms with Crippen molar-refractivity contribution in [2.24, 2.45) is 5.84 Å². The standard InChI is InChI=1S/C15H20N4O2/c1-11(15(20)18-17)13-4-2-12(3-5-13)9-19-6-7-21-14(8-16)10-19/h2-5,11,14H,6-7,9-10,17H2,1H3,(H,18,20). The first-order chi connectivity index (χ1) is 10.1. The molecule has 1 heterocycles. The minimum Gasteiger partial charge on any atom is -0.361 e. The summed E-state index contributed by atoms with van der Waals surface area (Å²) in [5.74, 6) is 4.68. The summed E-state index contributed by atoms with van der Waals surface area (Å²) in [6.45, 7) is 4.64. The van der Waals surface area contributed by atoms with Crippen LogP contribution in [0.3, 0.4) is 0 Å². The quantitative estimate of drug-likeness (QED) is 0.478. The number of morpholine rings is 1. The van der Waals surface area contributed by atoms with Crippen LogP contribution >= 0.6 is 0 Å². The summed E-state index contributed by atoms with van der Waals surface area (Å²) >= 11 is 0. The number of nitriles is 1. The Hall–Kier alpha value is -1.94. The third-order valence-corrected chi connectivity index (χ3v) is 3.72. The van der Waals surface area contributed by atoms with E-state index >= 15 is 0 Å². The van der Waals surface area contributed by atoms with Crippen LogP contribution in [-0.2, 0) is 16.1 Å². The average molecular weight is 288 g/mol. The van der Waals surface area contributed by atoms with E-state index in [2.05, 4.69) is 16.4 Å². The highest BCUT2D eigenvalue weighted by molar-refractivity contribution is 5.82. The Balaban J connectivity index is 1.96. The van der Waals surface area contributed by atoms with Crippen LogP contribution in [0.5, 0.6) is 0 Å². The SMILES string of the molecule is CC(C(=O)NN)c1ccc(CN2CCOC(C#N)C2)cc1. The molecule has 0 spiro atoms. The Kier molecular flexibility index (Phi) is 5.28. The van der Waals surface area contributed by atoms with E-state index in [1.807, 2.05) is 31.2 Å².